The van der Waals surface area contributed by atoms with Crippen LogP contribution < -0.4 is 0 Å². The lowest BCUT2D eigenvalue weighted by atomic mass is 10.1. The number of rotatable bonds is 1. The van der Waals surface area contributed by atoms with E-state index < -0.39 is 0 Å². The van der Waals surface area contributed by atoms with E-state index in [0.717, 1.165) is 5.69 Å². The second-order valence-electron chi connectivity index (χ2n) is 3.07. The fourth-order valence-electron chi connectivity index (χ4n) is 1.32. The maximum absolute atomic E-state index is 4.36. The molecule has 0 saturated carbocycles. The van der Waals surface area contributed by atoms with Crippen LogP contribution in [0.1, 0.15) is 17.4 Å². The standard InChI is InChI=1S/C11H10BrN/c1-8(12)11-6-9-4-2-3-5-10(9)7-13-11/h2-8H,1H3. The lowest BCUT2D eigenvalue weighted by Gasteiger charge is -2.03. The summed E-state index contributed by atoms with van der Waals surface area (Å²) in [5, 5.41) is 2.44. The van der Waals surface area contributed by atoms with Gasteiger partial charge in [0.25, 0.3) is 0 Å². The molecule has 0 radical (unpaired) electrons. The topological polar surface area (TPSA) is 12.9 Å². The fourth-order valence-corrected chi connectivity index (χ4v) is 1.57. The highest BCUT2D eigenvalue weighted by atomic mass is 79.9. The third-order valence-corrected chi connectivity index (χ3v) is 2.53. The molecular formula is C11H10BrN. The summed E-state index contributed by atoms with van der Waals surface area (Å²) in [6.07, 6.45) is 1.92. The molecule has 1 heterocycles. The van der Waals surface area contributed by atoms with Gasteiger partial charge in [0.05, 0.1) is 10.5 Å². The van der Waals surface area contributed by atoms with Gasteiger partial charge in [0, 0.05) is 11.6 Å². The number of fused-ring (bicyclic) bond motifs is 1. The summed E-state index contributed by atoms with van der Waals surface area (Å²) in [4.78, 5) is 4.68. The van der Waals surface area contributed by atoms with E-state index in [9.17, 15) is 0 Å². The Morgan fingerprint density at radius 3 is 2.62 bits per heavy atom. The summed E-state index contributed by atoms with van der Waals surface area (Å²) in [7, 11) is 0. The van der Waals surface area contributed by atoms with Crippen LogP contribution in [0.15, 0.2) is 36.5 Å². The number of alkyl halides is 1. The van der Waals surface area contributed by atoms with Crippen molar-refractivity contribution in [2.45, 2.75) is 11.8 Å². The molecule has 1 aromatic carbocycles. The number of halogens is 1. The monoisotopic (exact) mass is 235 g/mol. The van der Waals surface area contributed by atoms with E-state index in [2.05, 4.69) is 46.0 Å². The third-order valence-electron chi connectivity index (χ3n) is 2.06. The van der Waals surface area contributed by atoms with Gasteiger partial charge in [-0.15, -0.1) is 0 Å². The second-order valence-corrected chi connectivity index (χ2v) is 4.45. The van der Waals surface area contributed by atoms with Gasteiger partial charge in [0.2, 0.25) is 0 Å². The molecule has 0 N–H and O–H groups in total. The Balaban J connectivity index is 2.62. The van der Waals surface area contributed by atoms with E-state index in [0.29, 0.717) is 4.83 Å². The molecule has 13 heavy (non-hydrogen) atoms. The van der Waals surface area contributed by atoms with Crippen LogP contribution in [0.25, 0.3) is 10.8 Å². The van der Waals surface area contributed by atoms with Crippen molar-refractivity contribution in [1.29, 1.82) is 0 Å². The molecule has 0 aliphatic rings. The number of benzene rings is 1. The minimum absolute atomic E-state index is 0.317. The van der Waals surface area contributed by atoms with E-state index in [1.807, 2.05) is 18.3 Å². The van der Waals surface area contributed by atoms with E-state index >= 15 is 0 Å². The van der Waals surface area contributed by atoms with E-state index in [1.165, 1.54) is 10.8 Å². The summed E-state index contributed by atoms with van der Waals surface area (Å²) in [6, 6.07) is 10.4. The minimum atomic E-state index is 0.317. The molecule has 1 nitrogen and oxygen atoms in total. The Hall–Kier alpha value is -0.890. The molecule has 2 heteroatoms. The predicted octanol–water partition coefficient (Wildman–Crippen LogP) is 3.69. The van der Waals surface area contributed by atoms with Gasteiger partial charge < -0.3 is 0 Å². The first kappa shape index (κ1) is 8.70. The summed E-state index contributed by atoms with van der Waals surface area (Å²) in [5.41, 5.74) is 1.08. The van der Waals surface area contributed by atoms with Crippen LogP contribution in [0.2, 0.25) is 0 Å². The summed E-state index contributed by atoms with van der Waals surface area (Å²) >= 11 is 3.51. The highest BCUT2D eigenvalue weighted by Gasteiger charge is 2.02. The summed E-state index contributed by atoms with van der Waals surface area (Å²) in [5.74, 6) is 0. The summed E-state index contributed by atoms with van der Waals surface area (Å²) < 4.78 is 0. The molecule has 0 aliphatic heterocycles. The van der Waals surface area contributed by atoms with Crippen LogP contribution in [-0.2, 0) is 0 Å². The van der Waals surface area contributed by atoms with Crippen molar-refractivity contribution in [3.8, 4) is 0 Å². The minimum Gasteiger partial charge on any atom is -0.259 e. The molecule has 1 unspecified atom stereocenters. The lowest BCUT2D eigenvalue weighted by molar-refractivity contribution is 1.03. The molecule has 2 rings (SSSR count). The van der Waals surface area contributed by atoms with Crippen molar-refractivity contribution < 1.29 is 0 Å². The first-order chi connectivity index (χ1) is 6.27. The number of hydrogen-bond donors (Lipinski definition) is 0. The molecule has 1 aromatic heterocycles. The van der Waals surface area contributed by atoms with Gasteiger partial charge in [-0.05, 0) is 18.4 Å². The number of aromatic nitrogens is 1. The molecule has 1 atom stereocenters. The van der Waals surface area contributed by atoms with Gasteiger partial charge in [-0.2, -0.15) is 0 Å². The molecule has 66 valence electrons. The van der Waals surface area contributed by atoms with Crippen molar-refractivity contribution in [3.05, 3.63) is 42.2 Å². The first-order valence-corrected chi connectivity index (χ1v) is 5.18. The zero-order valence-corrected chi connectivity index (χ0v) is 8.95. The molecule has 0 amide bonds. The number of hydrogen-bond acceptors (Lipinski definition) is 1. The summed E-state index contributed by atoms with van der Waals surface area (Å²) in [6.45, 7) is 2.08. The van der Waals surface area contributed by atoms with Gasteiger partial charge in [0.15, 0.2) is 0 Å². The molecule has 0 saturated heterocycles. The van der Waals surface area contributed by atoms with Crippen LogP contribution in [0.4, 0.5) is 0 Å². The Kier molecular flexibility index (Phi) is 2.32. The molecule has 0 aliphatic carbocycles. The zero-order chi connectivity index (χ0) is 9.26. The maximum atomic E-state index is 4.36. The van der Waals surface area contributed by atoms with Crippen LogP contribution in [0.5, 0.6) is 0 Å². The van der Waals surface area contributed by atoms with Crippen molar-refractivity contribution in [2.24, 2.45) is 0 Å². The highest BCUT2D eigenvalue weighted by Crippen LogP contribution is 2.22. The van der Waals surface area contributed by atoms with Crippen LogP contribution >= 0.6 is 15.9 Å². The van der Waals surface area contributed by atoms with Gasteiger partial charge in [-0.25, -0.2) is 0 Å². The quantitative estimate of drug-likeness (QED) is 0.688. The van der Waals surface area contributed by atoms with Gasteiger partial charge in [-0.3, -0.25) is 4.98 Å². The van der Waals surface area contributed by atoms with Crippen LogP contribution in [0.3, 0.4) is 0 Å². The Labute approximate surface area is 85.9 Å². The van der Waals surface area contributed by atoms with Crippen molar-refractivity contribution in [1.82, 2.24) is 4.98 Å². The van der Waals surface area contributed by atoms with Crippen molar-refractivity contribution >= 4 is 26.7 Å². The molecule has 0 fully saturated rings. The number of nitrogens with zero attached hydrogens (tertiary/aromatic N) is 1. The zero-order valence-electron chi connectivity index (χ0n) is 7.37. The average Bonchev–Trinajstić information content (AvgIpc) is 2.17. The van der Waals surface area contributed by atoms with E-state index in [1.54, 1.807) is 0 Å². The molecule has 2 aromatic rings. The predicted molar refractivity (Wildman–Crippen MR) is 59.1 cm³/mol. The largest absolute Gasteiger partial charge is 0.259 e. The molecular weight excluding hydrogens is 226 g/mol. The van der Waals surface area contributed by atoms with Crippen molar-refractivity contribution in [3.63, 3.8) is 0 Å². The molecule has 0 bridgehead atoms. The number of pyridine rings is 1. The third kappa shape index (κ3) is 1.73. The SMILES string of the molecule is CC(Br)c1cc2ccccc2cn1. The normalized spacial score (nSPS) is 13.1. The van der Waals surface area contributed by atoms with E-state index in [4.69, 9.17) is 0 Å². The smallest absolute Gasteiger partial charge is 0.0543 e. The Morgan fingerprint density at radius 2 is 1.92 bits per heavy atom. The lowest BCUT2D eigenvalue weighted by Crippen LogP contribution is -1.88. The van der Waals surface area contributed by atoms with Gasteiger partial charge >= 0.3 is 0 Å². The maximum Gasteiger partial charge on any atom is 0.0543 e. The highest BCUT2D eigenvalue weighted by molar-refractivity contribution is 9.09. The first-order valence-electron chi connectivity index (χ1n) is 4.26. The fraction of sp³-hybridized carbons (Fsp3) is 0.182. The van der Waals surface area contributed by atoms with Crippen LogP contribution in [-0.4, -0.2) is 4.98 Å². The Bertz CT molecular complexity index is 423. The van der Waals surface area contributed by atoms with Crippen LogP contribution in [0, 0.1) is 0 Å². The van der Waals surface area contributed by atoms with Gasteiger partial charge in [-0.1, -0.05) is 40.2 Å². The Morgan fingerprint density at radius 1 is 1.23 bits per heavy atom. The molecule has 0 spiro atoms. The van der Waals surface area contributed by atoms with Crippen molar-refractivity contribution in [2.75, 3.05) is 0 Å². The van der Waals surface area contributed by atoms with E-state index in [-0.39, 0.29) is 0 Å². The average molecular weight is 236 g/mol. The van der Waals surface area contributed by atoms with Gasteiger partial charge in [0.1, 0.15) is 0 Å². The second kappa shape index (κ2) is 3.46.